The summed E-state index contributed by atoms with van der Waals surface area (Å²) in [5.41, 5.74) is 5.27. The van der Waals surface area contributed by atoms with E-state index in [2.05, 4.69) is 4.74 Å². The number of sulfone groups is 1. The van der Waals surface area contributed by atoms with Gasteiger partial charge in [0.2, 0.25) is 5.91 Å². The van der Waals surface area contributed by atoms with Gasteiger partial charge in [-0.1, -0.05) is 0 Å². The first-order chi connectivity index (χ1) is 7.82. The molecule has 0 aliphatic heterocycles. The molecule has 0 aromatic rings. The Morgan fingerprint density at radius 3 is 2.35 bits per heavy atom. The summed E-state index contributed by atoms with van der Waals surface area (Å²) in [6.45, 7) is 0.815. The van der Waals surface area contributed by atoms with Crippen molar-refractivity contribution in [2.24, 2.45) is 5.73 Å². The maximum Gasteiger partial charge on any atom is 0.320 e. The fraction of sp³-hybridized carbons (Fsp3) is 0.778. The van der Waals surface area contributed by atoms with Crippen molar-refractivity contribution in [2.45, 2.75) is 6.42 Å². The Bertz CT molecular complexity index is 366. The monoisotopic (exact) mass is 266 g/mol. The molecule has 0 radical (unpaired) electrons. The van der Waals surface area contributed by atoms with Crippen LogP contribution in [0.25, 0.3) is 0 Å². The SMILES string of the molecule is COC(=O)CS(=O)(=O)CC(=O)N(C)CCCN. The van der Waals surface area contributed by atoms with Gasteiger partial charge in [-0.05, 0) is 13.0 Å². The highest BCUT2D eigenvalue weighted by Gasteiger charge is 2.22. The quantitative estimate of drug-likeness (QED) is 0.555. The molecule has 1 amide bonds. The summed E-state index contributed by atoms with van der Waals surface area (Å²) in [6.07, 6.45) is 0.597. The normalized spacial score (nSPS) is 11.0. The molecule has 0 saturated heterocycles. The molecule has 17 heavy (non-hydrogen) atoms. The lowest BCUT2D eigenvalue weighted by atomic mass is 10.4. The van der Waals surface area contributed by atoms with Crippen molar-refractivity contribution in [3.05, 3.63) is 0 Å². The Balaban J connectivity index is 4.31. The van der Waals surface area contributed by atoms with E-state index in [-0.39, 0.29) is 0 Å². The van der Waals surface area contributed by atoms with Gasteiger partial charge in [0.05, 0.1) is 7.11 Å². The lowest BCUT2D eigenvalue weighted by Gasteiger charge is -2.16. The summed E-state index contributed by atoms with van der Waals surface area (Å²) >= 11 is 0. The van der Waals surface area contributed by atoms with Crippen LogP contribution in [0.4, 0.5) is 0 Å². The van der Waals surface area contributed by atoms with E-state index in [4.69, 9.17) is 5.73 Å². The second-order valence-electron chi connectivity index (χ2n) is 3.57. The van der Waals surface area contributed by atoms with E-state index in [0.717, 1.165) is 7.11 Å². The Morgan fingerprint density at radius 2 is 1.88 bits per heavy atom. The lowest BCUT2D eigenvalue weighted by Crippen LogP contribution is -2.35. The zero-order chi connectivity index (χ0) is 13.5. The molecule has 0 aliphatic rings. The molecule has 0 aliphatic carbocycles. The fourth-order valence-electron chi connectivity index (χ4n) is 1.04. The van der Waals surface area contributed by atoms with Gasteiger partial charge < -0.3 is 15.4 Å². The zero-order valence-electron chi connectivity index (χ0n) is 10.0. The van der Waals surface area contributed by atoms with Crippen molar-refractivity contribution < 1.29 is 22.7 Å². The van der Waals surface area contributed by atoms with Gasteiger partial charge >= 0.3 is 5.97 Å². The van der Waals surface area contributed by atoms with Crippen molar-refractivity contribution in [2.75, 3.05) is 38.8 Å². The Labute approximate surface area is 101 Å². The number of nitrogens with zero attached hydrogens (tertiary/aromatic N) is 1. The highest BCUT2D eigenvalue weighted by molar-refractivity contribution is 7.92. The molecule has 0 rings (SSSR count). The van der Waals surface area contributed by atoms with E-state index in [9.17, 15) is 18.0 Å². The first-order valence-electron chi connectivity index (χ1n) is 5.03. The third-order valence-corrected chi connectivity index (χ3v) is 3.39. The molecule has 0 fully saturated rings. The van der Waals surface area contributed by atoms with Crippen LogP contribution in [0.15, 0.2) is 0 Å². The molecular formula is C9H18N2O5S. The molecule has 0 unspecified atom stereocenters. The molecule has 0 bridgehead atoms. The molecule has 0 aromatic heterocycles. The molecule has 0 saturated carbocycles. The van der Waals surface area contributed by atoms with Crippen molar-refractivity contribution in [1.82, 2.24) is 4.90 Å². The van der Waals surface area contributed by atoms with Crippen LogP contribution in [0.2, 0.25) is 0 Å². The highest BCUT2D eigenvalue weighted by atomic mass is 32.2. The number of esters is 1. The molecule has 100 valence electrons. The second-order valence-corrected chi connectivity index (χ2v) is 5.63. The minimum atomic E-state index is -3.76. The van der Waals surface area contributed by atoms with Gasteiger partial charge in [-0.2, -0.15) is 0 Å². The summed E-state index contributed by atoms with van der Waals surface area (Å²) in [7, 11) is -1.18. The average molecular weight is 266 g/mol. The van der Waals surface area contributed by atoms with Crippen LogP contribution in [-0.4, -0.2) is 63.9 Å². The van der Waals surface area contributed by atoms with Crippen LogP contribution >= 0.6 is 0 Å². The Morgan fingerprint density at radius 1 is 1.29 bits per heavy atom. The minimum absolute atomic E-state index is 0.392. The molecule has 0 atom stereocenters. The smallest absolute Gasteiger partial charge is 0.320 e. The number of carbonyl (C=O) groups excluding carboxylic acids is 2. The number of nitrogens with two attached hydrogens (primary N) is 1. The van der Waals surface area contributed by atoms with Crippen molar-refractivity contribution in [3.63, 3.8) is 0 Å². The van der Waals surface area contributed by atoms with E-state index >= 15 is 0 Å². The predicted molar refractivity (Wildman–Crippen MR) is 62.0 cm³/mol. The fourth-order valence-corrected chi connectivity index (χ4v) is 2.22. The average Bonchev–Trinajstić information content (AvgIpc) is 2.24. The topological polar surface area (TPSA) is 107 Å². The van der Waals surface area contributed by atoms with Crippen molar-refractivity contribution in [3.8, 4) is 0 Å². The molecule has 2 N–H and O–H groups in total. The molecular weight excluding hydrogens is 248 g/mol. The van der Waals surface area contributed by atoms with Crippen molar-refractivity contribution >= 4 is 21.7 Å². The first kappa shape index (κ1) is 15.9. The maximum atomic E-state index is 11.5. The zero-order valence-corrected chi connectivity index (χ0v) is 10.8. The number of carbonyl (C=O) groups is 2. The molecule has 0 spiro atoms. The molecule has 8 heteroatoms. The third-order valence-electron chi connectivity index (χ3n) is 2.03. The summed E-state index contributed by atoms with van der Waals surface area (Å²) < 4.78 is 27.1. The van der Waals surface area contributed by atoms with E-state index in [1.807, 2.05) is 0 Å². The van der Waals surface area contributed by atoms with E-state index in [1.165, 1.54) is 11.9 Å². The number of amides is 1. The lowest BCUT2D eigenvalue weighted by molar-refractivity contribution is -0.137. The predicted octanol–water partition coefficient (Wildman–Crippen LogP) is -1.62. The number of methoxy groups -OCH3 is 1. The van der Waals surface area contributed by atoms with E-state index < -0.39 is 33.2 Å². The number of hydrogen-bond acceptors (Lipinski definition) is 6. The Hall–Kier alpha value is -1.15. The largest absolute Gasteiger partial charge is 0.468 e. The van der Waals surface area contributed by atoms with Gasteiger partial charge in [0.15, 0.2) is 9.84 Å². The molecule has 0 heterocycles. The summed E-state index contributed by atoms with van der Waals surface area (Å²) in [6, 6.07) is 0. The van der Waals surface area contributed by atoms with E-state index in [0.29, 0.717) is 19.5 Å². The summed E-state index contributed by atoms with van der Waals surface area (Å²) in [4.78, 5) is 23.6. The summed E-state index contributed by atoms with van der Waals surface area (Å²) in [5, 5.41) is 0. The van der Waals surface area contributed by atoms with Gasteiger partial charge in [-0.15, -0.1) is 0 Å². The van der Waals surface area contributed by atoms with Crippen LogP contribution < -0.4 is 5.73 Å². The first-order valence-corrected chi connectivity index (χ1v) is 6.86. The van der Waals surface area contributed by atoms with Crippen LogP contribution in [0, 0.1) is 0 Å². The van der Waals surface area contributed by atoms with E-state index in [1.54, 1.807) is 0 Å². The van der Waals surface area contributed by atoms with Gasteiger partial charge in [-0.3, -0.25) is 9.59 Å². The number of ether oxygens (including phenoxy) is 1. The van der Waals surface area contributed by atoms with Crippen LogP contribution in [0.1, 0.15) is 6.42 Å². The third kappa shape index (κ3) is 6.90. The standard InChI is InChI=1S/C9H18N2O5S/c1-11(5-3-4-10)8(12)6-17(14,15)7-9(13)16-2/h3-7,10H2,1-2H3. The highest BCUT2D eigenvalue weighted by Crippen LogP contribution is 1.96. The number of rotatable bonds is 7. The van der Waals surface area contributed by atoms with Gasteiger partial charge in [0.25, 0.3) is 0 Å². The van der Waals surface area contributed by atoms with Crippen LogP contribution in [0.5, 0.6) is 0 Å². The summed E-state index contributed by atoms with van der Waals surface area (Å²) in [5.74, 6) is -2.90. The van der Waals surface area contributed by atoms with Gasteiger partial charge in [0.1, 0.15) is 11.5 Å². The molecule has 7 nitrogen and oxygen atoms in total. The van der Waals surface area contributed by atoms with Crippen LogP contribution in [0.3, 0.4) is 0 Å². The minimum Gasteiger partial charge on any atom is -0.468 e. The maximum absolute atomic E-state index is 11.5. The van der Waals surface area contributed by atoms with Gasteiger partial charge in [0, 0.05) is 13.6 Å². The molecule has 0 aromatic carbocycles. The van der Waals surface area contributed by atoms with Crippen molar-refractivity contribution in [1.29, 1.82) is 0 Å². The Kier molecular flexibility index (Phi) is 6.74. The number of hydrogen-bond donors (Lipinski definition) is 1. The van der Waals surface area contributed by atoms with Crippen LogP contribution in [-0.2, 0) is 24.2 Å². The second kappa shape index (κ2) is 7.23. The van der Waals surface area contributed by atoms with Gasteiger partial charge in [-0.25, -0.2) is 8.42 Å².